The van der Waals surface area contributed by atoms with Crippen LogP contribution in [0.5, 0.6) is 0 Å². The van der Waals surface area contributed by atoms with Gasteiger partial charge in [-0.15, -0.1) is 0 Å². The summed E-state index contributed by atoms with van der Waals surface area (Å²) in [4.78, 5) is 11.1. The van der Waals surface area contributed by atoms with E-state index < -0.39 is 0 Å². The standard InChI is InChI=1S/C13H20N2O/c1-4-12-11(8-16)13(5-2)15(14-12)9(3)10-6-7-10/h8-10H,4-7H2,1-3H3. The molecular weight excluding hydrogens is 200 g/mol. The van der Waals surface area contributed by atoms with E-state index in [0.29, 0.717) is 6.04 Å². The fourth-order valence-electron chi connectivity index (χ4n) is 2.40. The fourth-order valence-corrected chi connectivity index (χ4v) is 2.40. The Bertz CT molecular complexity index is 391. The number of aromatic nitrogens is 2. The molecule has 0 saturated heterocycles. The minimum atomic E-state index is 0.453. The summed E-state index contributed by atoms with van der Waals surface area (Å²) >= 11 is 0. The van der Waals surface area contributed by atoms with Crippen LogP contribution < -0.4 is 0 Å². The highest BCUT2D eigenvalue weighted by atomic mass is 16.1. The van der Waals surface area contributed by atoms with Gasteiger partial charge in [0.25, 0.3) is 0 Å². The van der Waals surface area contributed by atoms with Crippen LogP contribution in [0.25, 0.3) is 0 Å². The van der Waals surface area contributed by atoms with Crippen LogP contribution in [0.4, 0.5) is 0 Å². The van der Waals surface area contributed by atoms with Gasteiger partial charge in [0.15, 0.2) is 6.29 Å². The molecule has 0 bridgehead atoms. The molecule has 3 nitrogen and oxygen atoms in total. The minimum absolute atomic E-state index is 0.453. The number of aldehydes is 1. The van der Waals surface area contributed by atoms with E-state index in [9.17, 15) is 4.79 Å². The van der Waals surface area contributed by atoms with Crippen molar-refractivity contribution < 1.29 is 4.79 Å². The highest BCUT2D eigenvalue weighted by Gasteiger charge is 2.31. The summed E-state index contributed by atoms with van der Waals surface area (Å²) in [5.74, 6) is 0.773. The van der Waals surface area contributed by atoms with Gasteiger partial charge in [0.1, 0.15) is 0 Å². The molecule has 0 amide bonds. The van der Waals surface area contributed by atoms with Gasteiger partial charge in [-0.2, -0.15) is 5.10 Å². The maximum absolute atomic E-state index is 11.1. The van der Waals surface area contributed by atoms with E-state index in [4.69, 9.17) is 0 Å². The third kappa shape index (κ3) is 1.79. The Balaban J connectivity index is 2.42. The van der Waals surface area contributed by atoms with Crippen molar-refractivity contribution in [1.29, 1.82) is 0 Å². The molecule has 0 spiro atoms. The second-order valence-corrected chi connectivity index (χ2v) is 4.65. The van der Waals surface area contributed by atoms with Crippen molar-refractivity contribution in [3.8, 4) is 0 Å². The third-order valence-corrected chi connectivity index (χ3v) is 3.60. The van der Waals surface area contributed by atoms with E-state index in [1.54, 1.807) is 0 Å². The molecule has 0 aromatic carbocycles. The van der Waals surface area contributed by atoms with Gasteiger partial charge in [-0.05, 0) is 38.5 Å². The number of hydrogen-bond acceptors (Lipinski definition) is 2. The number of rotatable bonds is 5. The molecule has 1 aliphatic carbocycles. The van der Waals surface area contributed by atoms with Crippen LogP contribution in [-0.2, 0) is 12.8 Å². The molecule has 88 valence electrons. The summed E-state index contributed by atoms with van der Waals surface area (Å²) in [6, 6.07) is 0.453. The van der Waals surface area contributed by atoms with Crippen LogP contribution in [0.15, 0.2) is 0 Å². The lowest BCUT2D eigenvalue weighted by Gasteiger charge is -2.14. The quantitative estimate of drug-likeness (QED) is 0.715. The second-order valence-electron chi connectivity index (χ2n) is 4.65. The van der Waals surface area contributed by atoms with Crippen molar-refractivity contribution in [2.45, 2.75) is 52.5 Å². The van der Waals surface area contributed by atoms with Crippen LogP contribution >= 0.6 is 0 Å². The first-order valence-electron chi connectivity index (χ1n) is 6.28. The monoisotopic (exact) mass is 220 g/mol. The van der Waals surface area contributed by atoms with Crippen molar-refractivity contribution >= 4 is 6.29 Å². The Kier molecular flexibility index (Phi) is 3.13. The zero-order valence-corrected chi connectivity index (χ0v) is 10.4. The summed E-state index contributed by atoms with van der Waals surface area (Å²) in [6.45, 7) is 6.37. The Labute approximate surface area is 96.8 Å². The number of hydrogen-bond donors (Lipinski definition) is 0. The molecule has 1 atom stereocenters. The van der Waals surface area contributed by atoms with Gasteiger partial charge in [0.2, 0.25) is 0 Å². The van der Waals surface area contributed by atoms with E-state index in [-0.39, 0.29) is 0 Å². The molecule has 16 heavy (non-hydrogen) atoms. The molecule has 1 saturated carbocycles. The van der Waals surface area contributed by atoms with Gasteiger partial charge in [0, 0.05) is 5.69 Å². The number of carbonyl (C=O) groups excluding carboxylic acids is 1. The lowest BCUT2D eigenvalue weighted by atomic mass is 10.1. The fraction of sp³-hybridized carbons (Fsp3) is 0.692. The van der Waals surface area contributed by atoms with Gasteiger partial charge in [-0.25, -0.2) is 0 Å². The van der Waals surface area contributed by atoms with Crippen LogP contribution in [0.2, 0.25) is 0 Å². The Hall–Kier alpha value is -1.12. The summed E-state index contributed by atoms with van der Waals surface area (Å²) in [5, 5.41) is 4.62. The van der Waals surface area contributed by atoms with E-state index in [2.05, 4.69) is 30.6 Å². The topological polar surface area (TPSA) is 34.9 Å². The zero-order valence-electron chi connectivity index (χ0n) is 10.4. The predicted molar refractivity (Wildman–Crippen MR) is 63.8 cm³/mol. The Morgan fingerprint density at radius 1 is 1.44 bits per heavy atom. The Morgan fingerprint density at radius 3 is 2.56 bits per heavy atom. The maximum atomic E-state index is 11.1. The molecule has 1 aliphatic rings. The lowest BCUT2D eigenvalue weighted by molar-refractivity contribution is 0.112. The third-order valence-electron chi connectivity index (χ3n) is 3.60. The smallest absolute Gasteiger partial charge is 0.153 e. The van der Waals surface area contributed by atoms with E-state index in [0.717, 1.165) is 42.0 Å². The molecule has 1 fully saturated rings. The Morgan fingerprint density at radius 2 is 2.12 bits per heavy atom. The normalized spacial score (nSPS) is 17.4. The number of nitrogens with zero attached hydrogens (tertiary/aromatic N) is 2. The summed E-state index contributed by atoms with van der Waals surface area (Å²) in [7, 11) is 0. The van der Waals surface area contributed by atoms with Crippen LogP contribution in [0, 0.1) is 5.92 Å². The zero-order chi connectivity index (χ0) is 11.7. The van der Waals surface area contributed by atoms with E-state index in [1.165, 1.54) is 12.8 Å². The van der Waals surface area contributed by atoms with Gasteiger partial charge in [0.05, 0.1) is 17.3 Å². The molecule has 1 aromatic rings. The largest absolute Gasteiger partial charge is 0.298 e. The minimum Gasteiger partial charge on any atom is -0.298 e. The summed E-state index contributed by atoms with van der Waals surface area (Å²) in [6.07, 6.45) is 5.31. The molecule has 0 N–H and O–H groups in total. The molecule has 1 aromatic heterocycles. The summed E-state index contributed by atoms with van der Waals surface area (Å²) in [5.41, 5.74) is 2.91. The molecule has 3 heteroatoms. The van der Waals surface area contributed by atoms with Gasteiger partial charge >= 0.3 is 0 Å². The van der Waals surface area contributed by atoms with Gasteiger partial charge < -0.3 is 0 Å². The first-order valence-corrected chi connectivity index (χ1v) is 6.28. The van der Waals surface area contributed by atoms with Crippen molar-refractivity contribution in [2.75, 3.05) is 0 Å². The van der Waals surface area contributed by atoms with E-state index >= 15 is 0 Å². The van der Waals surface area contributed by atoms with Crippen molar-refractivity contribution in [3.63, 3.8) is 0 Å². The maximum Gasteiger partial charge on any atom is 0.153 e. The first kappa shape index (κ1) is 11.4. The molecule has 1 heterocycles. The lowest BCUT2D eigenvalue weighted by Crippen LogP contribution is -2.12. The SMILES string of the molecule is CCc1nn(C(C)C2CC2)c(CC)c1C=O. The first-order chi connectivity index (χ1) is 7.72. The average Bonchev–Trinajstić information content (AvgIpc) is 3.08. The van der Waals surface area contributed by atoms with Gasteiger partial charge in [-0.3, -0.25) is 9.48 Å². The molecule has 0 radical (unpaired) electrons. The van der Waals surface area contributed by atoms with Crippen molar-refractivity contribution in [3.05, 3.63) is 17.0 Å². The number of aryl methyl sites for hydroxylation is 1. The predicted octanol–water partition coefficient (Wildman–Crippen LogP) is 2.79. The molecule has 1 unspecified atom stereocenters. The number of carbonyl (C=O) groups is 1. The highest BCUT2D eigenvalue weighted by molar-refractivity contribution is 5.78. The summed E-state index contributed by atoms with van der Waals surface area (Å²) < 4.78 is 2.10. The molecule has 2 rings (SSSR count). The molecule has 0 aliphatic heterocycles. The highest BCUT2D eigenvalue weighted by Crippen LogP contribution is 2.40. The average molecular weight is 220 g/mol. The van der Waals surface area contributed by atoms with Crippen LogP contribution in [0.3, 0.4) is 0 Å². The van der Waals surface area contributed by atoms with Crippen LogP contribution in [-0.4, -0.2) is 16.1 Å². The molecular formula is C13H20N2O. The second kappa shape index (κ2) is 4.40. The van der Waals surface area contributed by atoms with Crippen molar-refractivity contribution in [2.24, 2.45) is 5.92 Å². The van der Waals surface area contributed by atoms with E-state index in [1.807, 2.05) is 0 Å². The van der Waals surface area contributed by atoms with Crippen LogP contribution in [0.1, 0.15) is 61.4 Å². The van der Waals surface area contributed by atoms with Crippen molar-refractivity contribution in [1.82, 2.24) is 9.78 Å². The van der Waals surface area contributed by atoms with Gasteiger partial charge in [-0.1, -0.05) is 13.8 Å².